The largest absolute Gasteiger partial charge is 0.344 e. The highest BCUT2D eigenvalue weighted by Crippen LogP contribution is 2.23. The SMILES string of the molecule is C#CCNC(=O)C(C)N1CCN(Cc2ccc(Cl)s2)CC1. The third-order valence-electron chi connectivity index (χ3n) is 3.71. The van der Waals surface area contributed by atoms with Crippen molar-refractivity contribution in [3.8, 4) is 12.3 Å². The maximum Gasteiger partial charge on any atom is 0.237 e. The van der Waals surface area contributed by atoms with Gasteiger partial charge in [0.15, 0.2) is 0 Å². The molecule has 0 spiro atoms. The lowest BCUT2D eigenvalue weighted by Crippen LogP contribution is -2.53. The molecule has 1 unspecified atom stereocenters. The summed E-state index contributed by atoms with van der Waals surface area (Å²) in [4.78, 5) is 17.8. The Hall–Kier alpha value is -1.06. The molecular formula is C15H20ClN3OS. The molecule has 114 valence electrons. The molecule has 4 nitrogen and oxygen atoms in total. The van der Waals surface area contributed by atoms with Crippen LogP contribution in [0.15, 0.2) is 12.1 Å². The highest BCUT2D eigenvalue weighted by molar-refractivity contribution is 7.16. The van der Waals surface area contributed by atoms with Crippen LogP contribution < -0.4 is 5.32 Å². The molecule has 1 aliphatic rings. The number of nitrogens with zero attached hydrogens (tertiary/aromatic N) is 2. The predicted octanol–water partition coefficient (Wildman–Crippen LogP) is 1.66. The predicted molar refractivity (Wildman–Crippen MR) is 87.5 cm³/mol. The summed E-state index contributed by atoms with van der Waals surface area (Å²) in [5.74, 6) is 2.43. The second kappa shape index (κ2) is 7.81. The third kappa shape index (κ3) is 4.72. The molecule has 1 aliphatic heterocycles. The van der Waals surface area contributed by atoms with Crippen LogP contribution in [0.25, 0.3) is 0 Å². The van der Waals surface area contributed by atoms with Crippen LogP contribution in [0.2, 0.25) is 4.34 Å². The van der Waals surface area contributed by atoms with E-state index in [0.29, 0.717) is 6.54 Å². The first-order valence-electron chi connectivity index (χ1n) is 7.02. The second-order valence-electron chi connectivity index (χ2n) is 5.12. The molecule has 0 aromatic carbocycles. The average molecular weight is 326 g/mol. The molecule has 21 heavy (non-hydrogen) atoms. The summed E-state index contributed by atoms with van der Waals surface area (Å²) in [6, 6.07) is 3.89. The number of piperazine rings is 1. The number of carbonyl (C=O) groups is 1. The molecule has 0 radical (unpaired) electrons. The molecule has 2 rings (SSSR count). The van der Waals surface area contributed by atoms with E-state index in [1.807, 2.05) is 13.0 Å². The lowest BCUT2D eigenvalue weighted by molar-refractivity contribution is -0.126. The Bertz CT molecular complexity index is 517. The maximum atomic E-state index is 11.9. The van der Waals surface area contributed by atoms with Crippen molar-refractivity contribution in [3.05, 3.63) is 21.3 Å². The van der Waals surface area contributed by atoms with Crippen LogP contribution in [0, 0.1) is 12.3 Å². The van der Waals surface area contributed by atoms with E-state index in [2.05, 4.69) is 27.1 Å². The van der Waals surface area contributed by atoms with Gasteiger partial charge in [-0.2, -0.15) is 0 Å². The number of thiophene rings is 1. The molecule has 1 saturated heterocycles. The van der Waals surface area contributed by atoms with Gasteiger partial charge in [0.1, 0.15) is 0 Å². The quantitative estimate of drug-likeness (QED) is 0.836. The van der Waals surface area contributed by atoms with Crippen molar-refractivity contribution >= 4 is 28.8 Å². The highest BCUT2D eigenvalue weighted by atomic mass is 35.5. The van der Waals surface area contributed by atoms with Crippen LogP contribution in [-0.4, -0.2) is 54.5 Å². The lowest BCUT2D eigenvalue weighted by Gasteiger charge is -2.37. The second-order valence-corrected chi connectivity index (χ2v) is 6.92. The molecule has 1 aromatic rings. The zero-order chi connectivity index (χ0) is 15.2. The summed E-state index contributed by atoms with van der Waals surface area (Å²) in [5.41, 5.74) is 0. The van der Waals surface area contributed by atoms with E-state index in [1.54, 1.807) is 11.3 Å². The van der Waals surface area contributed by atoms with E-state index in [1.165, 1.54) is 4.88 Å². The van der Waals surface area contributed by atoms with Crippen molar-refractivity contribution in [1.29, 1.82) is 0 Å². The van der Waals surface area contributed by atoms with Gasteiger partial charge < -0.3 is 5.32 Å². The number of hydrogen-bond acceptors (Lipinski definition) is 4. The fourth-order valence-corrected chi connectivity index (χ4v) is 3.55. The van der Waals surface area contributed by atoms with Gasteiger partial charge in [0.2, 0.25) is 5.91 Å². The summed E-state index contributed by atoms with van der Waals surface area (Å²) >= 11 is 7.58. The number of hydrogen-bond donors (Lipinski definition) is 1. The fourth-order valence-electron chi connectivity index (χ4n) is 2.42. The van der Waals surface area contributed by atoms with Gasteiger partial charge in [-0.1, -0.05) is 17.5 Å². The normalized spacial score (nSPS) is 18.1. The molecule has 0 bridgehead atoms. The third-order valence-corrected chi connectivity index (χ3v) is 4.92. The van der Waals surface area contributed by atoms with Gasteiger partial charge in [0, 0.05) is 37.6 Å². The molecule has 1 fully saturated rings. The number of nitrogens with one attached hydrogen (secondary N) is 1. The van der Waals surface area contributed by atoms with Crippen molar-refractivity contribution in [2.75, 3.05) is 32.7 Å². The Balaban J connectivity index is 1.77. The van der Waals surface area contributed by atoms with E-state index in [9.17, 15) is 4.79 Å². The maximum absolute atomic E-state index is 11.9. The van der Waals surface area contributed by atoms with E-state index in [4.69, 9.17) is 18.0 Å². The summed E-state index contributed by atoms with van der Waals surface area (Å²) in [6.07, 6.45) is 5.16. The van der Waals surface area contributed by atoms with Gasteiger partial charge in [-0.3, -0.25) is 14.6 Å². The van der Waals surface area contributed by atoms with Crippen LogP contribution in [0.3, 0.4) is 0 Å². The monoisotopic (exact) mass is 325 g/mol. The van der Waals surface area contributed by atoms with E-state index in [-0.39, 0.29) is 11.9 Å². The molecule has 1 atom stereocenters. The van der Waals surface area contributed by atoms with E-state index >= 15 is 0 Å². The lowest BCUT2D eigenvalue weighted by atomic mass is 10.2. The number of rotatable bonds is 5. The zero-order valence-electron chi connectivity index (χ0n) is 12.1. The molecule has 6 heteroatoms. The topological polar surface area (TPSA) is 35.6 Å². The summed E-state index contributed by atoms with van der Waals surface area (Å²) in [6.45, 7) is 6.86. The Kier molecular flexibility index (Phi) is 6.07. The Morgan fingerprint density at radius 1 is 1.48 bits per heavy atom. The minimum atomic E-state index is -0.128. The number of amides is 1. The summed E-state index contributed by atoms with van der Waals surface area (Å²) in [7, 11) is 0. The number of halogens is 1. The number of terminal acetylenes is 1. The van der Waals surface area contributed by atoms with Gasteiger partial charge in [0.05, 0.1) is 16.9 Å². The van der Waals surface area contributed by atoms with Gasteiger partial charge in [-0.05, 0) is 19.1 Å². The van der Waals surface area contributed by atoms with Crippen LogP contribution in [0.5, 0.6) is 0 Å². The van der Waals surface area contributed by atoms with Crippen LogP contribution >= 0.6 is 22.9 Å². The zero-order valence-corrected chi connectivity index (χ0v) is 13.7. The molecule has 2 heterocycles. The van der Waals surface area contributed by atoms with Crippen molar-refractivity contribution in [1.82, 2.24) is 15.1 Å². The number of carbonyl (C=O) groups excluding carboxylic acids is 1. The van der Waals surface area contributed by atoms with Crippen molar-refractivity contribution in [2.45, 2.75) is 19.5 Å². The summed E-state index contributed by atoms with van der Waals surface area (Å²) in [5, 5.41) is 2.74. The van der Waals surface area contributed by atoms with Gasteiger partial charge in [0.25, 0.3) is 0 Å². The van der Waals surface area contributed by atoms with Crippen LogP contribution in [-0.2, 0) is 11.3 Å². The molecule has 1 amide bonds. The van der Waals surface area contributed by atoms with Crippen molar-refractivity contribution in [3.63, 3.8) is 0 Å². The molecular weight excluding hydrogens is 306 g/mol. The first kappa shape index (κ1) is 16.3. The molecule has 0 saturated carbocycles. The summed E-state index contributed by atoms with van der Waals surface area (Å²) < 4.78 is 0.836. The minimum Gasteiger partial charge on any atom is -0.344 e. The van der Waals surface area contributed by atoms with Gasteiger partial charge >= 0.3 is 0 Å². The first-order valence-corrected chi connectivity index (χ1v) is 8.21. The fraction of sp³-hybridized carbons (Fsp3) is 0.533. The Morgan fingerprint density at radius 2 is 2.19 bits per heavy atom. The Morgan fingerprint density at radius 3 is 2.76 bits per heavy atom. The van der Waals surface area contributed by atoms with Crippen molar-refractivity contribution < 1.29 is 4.79 Å². The van der Waals surface area contributed by atoms with E-state index in [0.717, 1.165) is 37.1 Å². The molecule has 1 aromatic heterocycles. The molecule has 0 aliphatic carbocycles. The van der Waals surface area contributed by atoms with Crippen molar-refractivity contribution in [2.24, 2.45) is 0 Å². The van der Waals surface area contributed by atoms with Crippen LogP contribution in [0.1, 0.15) is 11.8 Å². The standard InChI is InChI=1S/C15H20ClN3OS/c1-3-6-17-15(20)12(2)19-9-7-18(8-10-19)11-13-4-5-14(16)21-13/h1,4-5,12H,6-11H2,2H3,(H,17,20). The van der Waals surface area contributed by atoms with Gasteiger partial charge in [-0.25, -0.2) is 0 Å². The van der Waals surface area contributed by atoms with Crippen LogP contribution in [0.4, 0.5) is 0 Å². The smallest absolute Gasteiger partial charge is 0.237 e. The average Bonchev–Trinajstić information content (AvgIpc) is 2.90. The highest BCUT2D eigenvalue weighted by Gasteiger charge is 2.25. The molecule has 1 N–H and O–H groups in total. The van der Waals surface area contributed by atoms with E-state index < -0.39 is 0 Å². The Labute approximate surface area is 135 Å². The minimum absolute atomic E-state index is 0.00596. The first-order chi connectivity index (χ1) is 10.1. The van der Waals surface area contributed by atoms with Gasteiger partial charge in [-0.15, -0.1) is 17.8 Å².